The first-order chi connectivity index (χ1) is 25.2. The molecule has 3 amide bonds. The monoisotopic (exact) mass is 699 g/mol. The molecule has 1 aliphatic heterocycles. The summed E-state index contributed by atoms with van der Waals surface area (Å²) in [5.74, 6) is -1.08. The van der Waals surface area contributed by atoms with Crippen LogP contribution in [-0.2, 0) is 17.8 Å². The maximum atomic E-state index is 14.7. The summed E-state index contributed by atoms with van der Waals surface area (Å²) in [6.07, 6.45) is 4.30. The fourth-order valence-corrected chi connectivity index (χ4v) is 6.99. The van der Waals surface area contributed by atoms with Crippen molar-refractivity contribution in [3.63, 3.8) is 0 Å². The van der Waals surface area contributed by atoms with Crippen molar-refractivity contribution < 1.29 is 19.5 Å². The van der Waals surface area contributed by atoms with Crippen molar-refractivity contribution in [2.45, 2.75) is 78.3 Å². The minimum absolute atomic E-state index is 0.129. The van der Waals surface area contributed by atoms with Crippen molar-refractivity contribution in [1.29, 1.82) is 0 Å². The van der Waals surface area contributed by atoms with Crippen molar-refractivity contribution in [2.24, 2.45) is 0 Å². The zero-order valence-corrected chi connectivity index (χ0v) is 30.6. The number of fused-ring (bicyclic) bond motifs is 2. The number of aromatic nitrogens is 2. The quantitative estimate of drug-likeness (QED) is 0.131. The largest absolute Gasteiger partial charge is 0.394 e. The molecule has 6 rings (SSSR count). The minimum atomic E-state index is -0.453. The summed E-state index contributed by atoms with van der Waals surface area (Å²) in [6, 6.07) is 28.6. The Kier molecular flexibility index (Phi) is 11.5. The van der Waals surface area contributed by atoms with Crippen LogP contribution in [0.5, 0.6) is 0 Å². The van der Waals surface area contributed by atoms with E-state index in [0.717, 1.165) is 53.1 Å². The number of unbranched alkanes of at least 4 members (excludes halogenated alkanes) is 2. The lowest BCUT2D eigenvalue weighted by Crippen LogP contribution is -2.46. The lowest BCUT2D eigenvalue weighted by molar-refractivity contribution is -0.117. The van der Waals surface area contributed by atoms with E-state index in [1.807, 2.05) is 85.5 Å². The Morgan fingerprint density at radius 1 is 0.885 bits per heavy atom. The van der Waals surface area contributed by atoms with E-state index in [2.05, 4.69) is 19.2 Å². The number of benzene rings is 4. The highest BCUT2D eigenvalue weighted by Gasteiger charge is 2.32. The van der Waals surface area contributed by atoms with Gasteiger partial charge in [-0.15, -0.1) is 0 Å². The van der Waals surface area contributed by atoms with Crippen LogP contribution in [0, 0.1) is 6.92 Å². The van der Waals surface area contributed by atoms with Gasteiger partial charge in [-0.05, 0) is 84.8 Å². The number of nitrogens with zero attached hydrogens (tertiary/aromatic N) is 4. The smallest absolute Gasteiger partial charge is 0.274 e. The molecular formula is C43H49N5O4. The van der Waals surface area contributed by atoms with Gasteiger partial charge in [0.2, 0.25) is 5.91 Å². The molecule has 0 fully saturated rings. The van der Waals surface area contributed by atoms with E-state index in [4.69, 9.17) is 5.10 Å². The van der Waals surface area contributed by atoms with E-state index in [1.54, 1.807) is 33.8 Å². The van der Waals surface area contributed by atoms with E-state index in [-0.39, 0.29) is 24.3 Å². The fourth-order valence-electron chi connectivity index (χ4n) is 6.99. The third-order valence-corrected chi connectivity index (χ3v) is 10.2. The van der Waals surface area contributed by atoms with Gasteiger partial charge in [0.15, 0.2) is 5.69 Å². The van der Waals surface area contributed by atoms with Gasteiger partial charge in [0, 0.05) is 31.0 Å². The molecule has 0 bridgehead atoms. The predicted molar refractivity (Wildman–Crippen MR) is 206 cm³/mol. The SMILES string of the molecule is CCCCN(CCCC)C(=O)c1cc(C)n(-c2ccc(NC(=O)[C@@H](C)c3ccc4ccccc4c3)cc2C(=O)N2Cc3ccccc3C[C@H]2CO)n1. The number of aliphatic hydroxyl groups excluding tert-OH is 1. The summed E-state index contributed by atoms with van der Waals surface area (Å²) in [4.78, 5) is 45.7. The standard InChI is InChI=1S/C43H49N5O4/c1-5-7-21-46(22-8-6-2)43(52)39-23-29(3)48(45-39)40-20-19-36(44-41(50)30(4)32-18-17-31-13-9-10-14-33(31)24-32)26-38(40)42(51)47-27-35-16-12-11-15-34(35)25-37(47)28-49/h9-20,23-24,26,30,37,49H,5-8,21-22,25,27-28H2,1-4H3,(H,44,50)/t30-,37-/m0/s1. The van der Waals surface area contributed by atoms with Crippen LogP contribution in [0.4, 0.5) is 5.69 Å². The average Bonchev–Trinajstić information content (AvgIpc) is 3.57. The number of nitrogens with one attached hydrogen (secondary N) is 1. The molecule has 2 N–H and O–H groups in total. The lowest BCUT2D eigenvalue weighted by atomic mass is 9.93. The highest BCUT2D eigenvalue weighted by atomic mass is 16.3. The summed E-state index contributed by atoms with van der Waals surface area (Å²) in [6.45, 7) is 9.42. The fraction of sp³-hybridized carbons (Fsp3) is 0.349. The second kappa shape index (κ2) is 16.4. The van der Waals surface area contributed by atoms with Crippen LogP contribution in [0.25, 0.3) is 16.5 Å². The molecular weight excluding hydrogens is 651 g/mol. The average molecular weight is 700 g/mol. The predicted octanol–water partition coefficient (Wildman–Crippen LogP) is 7.68. The van der Waals surface area contributed by atoms with Crippen molar-refractivity contribution in [3.8, 4) is 5.69 Å². The Labute approximate surface area is 306 Å². The Balaban J connectivity index is 1.36. The van der Waals surface area contributed by atoms with Gasteiger partial charge in [0.25, 0.3) is 11.8 Å². The number of anilines is 1. The van der Waals surface area contributed by atoms with E-state index in [1.165, 1.54) is 0 Å². The molecule has 4 aromatic carbocycles. The number of hydrogen-bond acceptors (Lipinski definition) is 5. The first kappa shape index (κ1) is 36.5. The number of carbonyl (C=O) groups excluding carboxylic acids is 3. The number of aliphatic hydroxyl groups is 1. The highest BCUT2D eigenvalue weighted by Crippen LogP contribution is 2.30. The van der Waals surface area contributed by atoms with Crippen LogP contribution >= 0.6 is 0 Å². The highest BCUT2D eigenvalue weighted by molar-refractivity contribution is 6.02. The Morgan fingerprint density at radius 2 is 1.58 bits per heavy atom. The number of amides is 3. The first-order valence-corrected chi connectivity index (χ1v) is 18.5. The van der Waals surface area contributed by atoms with Crippen molar-refractivity contribution in [3.05, 3.63) is 125 Å². The number of aryl methyl sites for hydroxylation is 1. The van der Waals surface area contributed by atoms with Crippen LogP contribution in [0.2, 0.25) is 0 Å². The molecule has 1 aliphatic rings. The number of hydrogen-bond donors (Lipinski definition) is 2. The lowest BCUT2D eigenvalue weighted by Gasteiger charge is -2.36. The summed E-state index contributed by atoms with van der Waals surface area (Å²) < 4.78 is 1.65. The molecule has 52 heavy (non-hydrogen) atoms. The Morgan fingerprint density at radius 3 is 2.29 bits per heavy atom. The van der Waals surface area contributed by atoms with Crippen LogP contribution in [0.1, 0.15) is 95.6 Å². The van der Waals surface area contributed by atoms with Crippen LogP contribution in [0.3, 0.4) is 0 Å². The summed E-state index contributed by atoms with van der Waals surface area (Å²) in [5, 5.41) is 20.4. The van der Waals surface area contributed by atoms with Crippen LogP contribution in [0.15, 0.2) is 91.0 Å². The molecule has 2 heterocycles. The van der Waals surface area contributed by atoms with Gasteiger partial charge in [-0.25, -0.2) is 4.68 Å². The second-order valence-electron chi connectivity index (χ2n) is 13.9. The van der Waals surface area contributed by atoms with Crippen molar-refractivity contribution >= 4 is 34.2 Å². The summed E-state index contributed by atoms with van der Waals surface area (Å²) >= 11 is 0. The Hall–Kier alpha value is -5.28. The van der Waals surface area contributed by atoms with Gasteiger partial charge in [-0.3, -0.25) is 14.4 Å². The third kappa shape index (κ3) is 7.79. The molecule has 9 nitrogen and oxygen atoms in total. The van der Waals surface area contributed by atoms with E-state index >= 15 is 0 Å². The van der Waals surface area contributed by atoms with Crippen LogP contribution in [-0.4, -0.2) is 68.1 Å². The number of rotatable bonds is 13. The number of carbonyl (C=O) groups is 3. The molecule has 0 saturated carbocycles. The topological polar surface area (TPSA) is 108 Å². The molecule has 2 atom stereocenters. The van der Waals surface area contributed by atoms with E-state index in [0.29, 0.717) is 54.4 Å². The maximum Gasteiger partial charge on any atom is 0.274 e. The molecule has 0 radical (unpaired) electrons. The zero-order chi connectivity index (χ0) is 36.8. The maximum absolute atomic E-state index is 14.7. The Bertz CT molecular complexity index is 2060. The molecule has 0 aliphatic carbocycles. The van der Waals surface area contributed by atoms with Gasteiger partial charge in [0.1, 0.15) is 0 Å². The zero-order valence-electron chi connectivity index (χ0n) is 30.6. The molecule has 9 heteroatoms. The minimum Gasteiger partial charge on any atom is -0.394 e. The third-order valence-electron chi connectivity index (χ3n) is 10.2. The van der Waals surface area contributed by atoms with Gasteiger partial charge in [-0.2, -0.15) is 5.10 Å². The second-order valence-corrected chi connectivity index (χ2v) is 13.9. The first-order valence-electron chi connectivity index (χ1n) is 18.5. The molecule has 0 spiro atoms. The summed E-state index contributed by atoms with van der Waals surface area (Å²) in [5.41, 5.74) is 5.32. The molecule has 0 unspecified atom stereocenters. The van der Waals surface area contributed by atoms with Crippen molar-refractivity contribution in [1.82, 2.24) is 19.6 Å². The van der Waals surface area contributed by atoms with Crippen molar-refractivity contribution in [2.75, 3.05) is 25.0 Å². The van der Waals surface area contributed by atoms with Gasteiger partial charge in [0.05, 0.1) is 29.8 Å². The molecule has 0 saturated heterocycles. The van der Waals surface area contributed by atoms with E-state index in [9.17, 15) is 19.5 Å². The van der Waals surface area contributed by atoms with Gasteiger partial charge < -0.3 is 20.2 Å². The van der Waals surface area contributed by atoms with Crippen LogP contribution < -0.4 is 5.32 Å². The summed E-state index contributed by atoms with van der Waals surface area (Å²) in [7, 11) is 0. The van der Waals surface area contributed by atoms with Gasteiger partial charge in [-0.1, -0.05) is 93.4 Å². The normalized spacial score (nSPS) is 14.6. The molecule has 5 aromatic rings. The molecule has 1 aromatic heterocycles. The molecule has 270 valence electrons. The van der Waals surface area contributed by atoms with E-state index < -0.39 is 12.0 Å². The van der Waals surface area contributed by atoms with Gasteiger partial charge >= 0.3 is 0 Å².